The van der Waals surface area contributed by atoms with E-state index in [1.54, 1.807) is 12.0 Å². The van der Waals surface area contributed by atoms with Crippen LogP contribution in [0.1, 0.15) is 11.1 Å². The number of benzene rings is 2. The molecule has 0 aliphatic carbocycles. The number of carbonyl (C=O) groups is 1. The van der Waals surface area contributed by atoms with Gasteiger partial charge < -0.3 is 4.74 Å². The van der Waals surface area contributed by atoms with E-state index in [4.69, 9.17) is 17.0 Å². The molecule has 1 aliphatic rings. The van der Waals surface area contributed by atoms with Crippen molar-refractivity contribution < 1.29 is 9.53 Å². The fraction of sp³-hybridized carbons (Fsp3) is 0.100. The summed E-state index contributed by atoms with van der Waals surface area (Å²) in [6.45, 7) is 0.450. The fourth-order valence-electron chi connectivity index (χ4n) is 2.43. The van der Waals surface area contributed by atoms with Crippen LogP contribution in [0.2, 0.25) is 0 Å². The second-order valence-corrected chi connectivity index (χ2v) is 8.15. The van der Waals surface area contributed by atoms with Gasteiger partial charge in [-0.25, -0.2) is 0 Å². The number of hydrogen-bond acceptors (Lipinski definition) is 4. The van der Waals surface area contributed by atoms with Crippen molar-refractivity contribution in [1.82, 2.24) is 4.90 Å². The maximum Gasteiger partial charge on any atom is 0.266 e. The molecule has 132 valence electrons. The number of hydrogen-bond donors (Lipinski definition) is 0. The fourth-order valence-corrected chi connectivity index (χ4v) is 4.32. The molecule has 6 heteroatoms. The number of nitrogens with zero attached hydrogens (tertiary/aromatic N) is 1. The topological polar surface area (TPSA) is 29.5 Å². The van der Waals surface area contributed by atoms with Gasteiger partial charge in [0.05, 0.1) is 18.6 Å². The Kier molecular flexibility index (Phi) is 6.29. The predicted octanol–water partition coefficient (Wildman–Crippen LogP) is 5.38. The Hall–Kier alpha value is -1.89. The zero-order valence-electron chi connectivity index (χ0n) is 14.0. The third-order valence-electron chi connectivity index (χ3n) is 3.75. The summed E-state index contributed by atoms with van der Waals surface area (Å²) < 4.78 is 6.55. The molecule has 1 heterocycles. The van der Waals surface area contributed by atoms with Crippen molar-refractivity contribution in [1.29, 1.82) is 0 Å². The minimum Gasteiger partial charge on any atom is -0.497 e. The quantitative estimate of drug-likeness (QED) is 0.456. The molecule has 3 rings (SSSR count). The molecule has 1 saturated heterocycles. The van der Waals surface area contributed by atoms with Crippen LogP contribution >= 0.6 is 39.9 Å². The lowest BCUT2D eigenvalue weighted by molar-refractivity contribution is -0.122. The smallest absolute Gasteiger partial charge is 0.266 e. The van der Waals surface area contributed by atoms with Crippen LogP contribution in [0.3, 0.4) is 0 Å². The molecular formula is C20H16BrNO2S2. The first-order valence-corrected chi connectivity index (χ1v) is 9.89. The molecular weight excluding hydrogens is 430 g/mol. The van der Waals surface area contributed by atoms with Gasteiger partial charge in [0, 0.05) is 4.48 Å². The van der Waals surface area contributed by atoms with Crippen LogP contribution < -0.4 is 4.74 Å². The molecule has 0 atom stereocenters. The summed E-state index contributed by atoms with van der Waals surface area (Å²) in [5.41, 5.74) is 2.06. The number of ether oxygens (including phenoxy) is 1. The van der Waals surface area contributed by atoms with Gasteiger partial charge in [-0.05, 0) is 35.4 Å². The van der Waals surface area contributed by atoms with E-state index in [9.17, 15) is 4.79 Å². The first-order valence-electron chi connectivity index (χ1n) is 7.87. The Balaban J connectivity index is 1.74. The lowest BCUT2D eigenvalue weighted by Gasteiger charge is -2.14. The molecule has 1 amide bonds. The summed E-state index contributed by atoms with van der Waals surface area (Å²) in [4.78, 5) is 14.9. The molecule has 2 aromatic rings. The van der Waals surface area contributed by atoms with Gasteiger partial charge in [0.2, 0.25) is 0 Å². The van der Waals surface area contributed by atoms with Crippen LogP contribution in [0.15, 0.2) is 70.1 Å². The maximum atomic E-state index is 12.7. The van der Waals surface area contributed by atoms with Crippen LogP contribution in [0.4, 0.5) is 0 Å². The zero-order valence-corrected chi connectivity index (χ0v) is 17.2. The minimum atomic E-state index is -0.0748. The Morgan fingerprint density at radius 1 is 1.19 bits per heavy atom. The number of amides is 1. The number of methoxy groups -OCH3 is 1. The van der Waals surface area contributed by atoms with Gasteiger partial charge >= 0.3 is 0 Å². The zero-order chi connectivity index (χ0) is 18.5. The van der Waals surface area contributed by atoms with E-state index in [1.165, 1.54) is 11.8 Å². The number of thioether (sulfide) groups is 1. The maximum absolute atomic E-state index is 12.7. The van der Waals surface area contributed by atoms with Gasteiger partial charge in [0.25, 0.3) is 5.91 Å². The molecule has 0 aromatic heterocycles. The van der Waals surface area contributed by atoms with Crippen molar-refractivity contribution in [2.45, 2.75) is 6.54 Å². The van der Waals surface area contributed by atoms with Crippen LogP contribution in [0.5, 0.6) is 5.75 Å². The molecule has 0 saturated carbocycles. The van der Waals surface area contributed by atoms with Crippen molar-refractivity contribution in [3.63, 3.8) is 0 Å². The minimum absolute atomic E-state index is 0.0748. The highest BCUT2D eigenvalue weighted by molar-refractivity contribution is 9.12. The summed E-state index contributed by atoms with van der Waals surface area (Å²) in [5.74, 6) is 0.711. The van der Waals surface area contributed by atoms with Gasteiger partial charge in [-0.1, -0.05) is 82.4 Å². The van der Waals surface area contributed by atoms with E-state index < -0.39 is 0 Å². The van der Waals surface area contributed by atoms with Crippen LogP contribution in [-0.4, -0.2) is 22.2 Å². The summed E-state index contributed by atoms with van der Waals surface area (Å²) in [5, 5.41) is 0. The average Bonchev–Trinajstić information content (AvgIpc) is 2.90. The van der Waals surface area contributed by atoms with E-state index in [2.05, 4.69) is 15.9 Å². The highest BCUT2D eigenvalue weighted by atomic mass is 79.9. The SMILES string of the molecule is COc1ccc(CN2C(=O)C(=CC(Br)=Cc3ccccc3)SC2=S)cc1. The monoisotopic (exact) mass is 445 g/mol. The standard InChI is InChI=1S/C20H16BrNO2S2/c1-24-17-9-7-15(8-10-17)13-22-19(23)18(26-20(22)25)12-16(21)11-14-5-3-2-4-6-14/h2-12H,13H2,1H3. The molecule has 0 N–H and O–H groups in total. The van der Waals surface area contributed by atoms with Crippen LogP contribution in [-0.2, 0) is 11.3 Å². The summed E-state index contributed by atoms with van der Waals surface area (Å²) >= 11 is 10.2. The van der Waals surface area contributed by atoms with Gasteiger partial charge in [0.15, 0.2) is 0 Å². The van der Waals surface area contributed by atoms with Crippen molar-refractivity contribution in [2.75, 3.05) is 7.11 Å². The average molecular weight is 446 g/mol. The lowest BCUT2D eigenvalue weighted by atomic mass is 10.2. The molecule has 1 fully saturated rings. The summed E-state index contributed by atoms with van der Waals surface area (Å²) in [7, 11) is 1.63. The Morgan fingerprint density at radius 3 is 2.54 bits per heavy atom. The van der Waals surface area contributed by atoms with Crippen LogP contribution in [0, 0.1) is 0 Å². The molecule has 1 aliphatic heterocycles. The van der Waals surface area contributed by atoms with Crippen molar-refractivity contribution in [3.05, 3.63) is 81.2 Å². The van der Waals surface area contributed by atoms with Gasteiger partial charge in [-0.3, -0.25) is 9.69 Å². The molecule has 0 unspecified atom stereocenters. The highest BCUT2D eigenvalue weighted by Crippen LogP contribution is 2.34. The van der Waals surface area contributed by atoms with Crippen LogP contribution in [0.25, 0.3) is 6.08 Å². The molecule has 2 aromatic carbocycles. The number of allylic oxidation sites excluding steroid dienone is 2. The summed E-state index contributed by atoms with van der Waals surface area (Å²) in [6, 6.07) is 17.5. The Morgan fingerprint density at radius 2 is 1.88 bits per heavy atom. The number of carbonyl (C=O) groups excluding carboxylic acids is 1. The second kappa shape index (κ2) is 8.66. The second-order valence-electron chi connectivity index (χ2n) is 5.56. The number of rotatable bonds is 5. The molecule has 0 radical (unpaired) electrons. The third kappa shape index (κ3) is 4.63. The van der Waals surface area contributed by atoms with E-state index in [-0.39, 0.29) is 5.91 Å². The Bertz CT molecular complexity index is 876. The largest absolute Gasteiger partial charge is 0.497 e. The third-order valence-corrected chi connectivity index (χ3v) is 5.58. The number of thiocarbonyl (C=S) groups is 1. The lowest BCUT2D eigenvalue weighted by Crippen LogP contribution is -2.27. The molecule has 0 spiro atoms. The van der Waals surface area contributed by atoms with Crippen molar-refractivity contribution in [2.24, 2.45) is 0 Å². The highest BCUT2D eigenvalue weighted by Gasteiger charge is 2.32. The Labute approximate surface area is 170 Å². The summed E-state index contributed by atoms with van der Waals surface area (Å²) in [6.07, 6.45) is 3.79. The van der Waals surface area contributed by atoms with Crippen molar-refractivity contribution >= 4 is 56.2 Å². The van der Waals surface area contributed by atoms with E-state index in [0.29, 0.717) is 15.8 Å². The van der Waals surface area contributed by atoms with E-state index in [1.807, 2.05) is 66.7 Å². The van der Waals surface area contributed by atoms with Gasteiger partial charge in [0.1, 0.15) is 10.1 Å². The predicted molar refractivity (Wildman–Crippen MR) is 115 cm³/mol. The van der Waals surface area contributed by atoms with E-state index >= 15 is 0 Å². The van der Waals surface area contributed by atoms with E-state index in [0.717, 1.165) is 21.4 Å². The first-order chi connectivity index (χ1) is 12.6. The van der Waals surface area contributed by atoms with Gasteiger partial charge in [-0.15, -0.1) is 0 Å². The molecule has 3 nitrogen and oxygen atoms in total. The number of halogens is 1. The molecule has 0 bridgehead atoms. The van der Waals surface area contributed by atoms with Crippen molar-refractivity contribution in [3.8, 4) is 5.75 Å². The van der Waals surface area contributed by atoms with Gasteiger partial charge in [-0.2, -0.15) is 0 Å². The normalized spacial score (nSPS) is 16.5. The first kappa shape index (κ1) is 18.9. The molecule has 26 heavy (non-hydrogen) atoms.